The van der Waals surface area contributed by atoms with Crippen LogP contribution in [-0.2, 0) is 0 Å². The summed E-state index contributed by atoms with van der Waals surface area (Å²) in [6, 6.07) is 0. The van der Waals surface area contributed by atoms with E-state index in [4.69, 9.17) is 11.6 Å². The molecule has 1 aliphatic rings. The van der Waals surface area contributed by atoms with Gasteiger partial charge < -0.3 is 15.2 Å². The highest BCUT2D eigenvalue weighted by molar-refractivity contribution is 6.32. The number of aromatic nitrogens is 2. The molecule has 0 bridgehead atoms. The molecule has 2 N–H and O–H groups in total. The lowest BCUT2D eigenvalue weighted by molar-refractivity contribution is 0.377. The normalized spacial score (nSPS) is 17.1. The number of nitrogens with zero attached hydrogens (tertiary/aromatic N) is 2. The zero-order valence-corrected chi connectivity index (χ0v) is 10.6. The standard InChI is InChI=1S/C11H17ClN4O/c1-16(6-8-2-4-13-5-3-8)10-9(12)11(17)15-7-14-10/h7-8,13H,2-6H2,1H3,(H,14,15,17). The summed E-state index contributed by atoms with van der Waals surface area (Å²) in [5.41, 5.74) is -0.283. The number of nitrogens with one attached hydrogen (secondary N) is 2. The molecule has 0 unspecified atom stereocenters. The lowest BCUT2D eigenvalue weighted by atomic mass is 9.98. The van der Waals surface area contributed by atoms with Crippen molar-refractivity contribution in [1.29, 1.82) is 0 Å². The summed E-state index contributed by atoms with van der Waals surface area (Å²) in [6.45, 7) is 3.02. The van der Waals surface area contributed by atoms with Crippen LogP contribution in [-0.4, -0.2) is 36.6 Å². The first-order valence-corrected chi connectivity index (χ1v) is 6.21. The zero-order chi connectivity index (χ0) is 12.3. The van der Waals surface area contributed by atoms with Gasteiger partial charge in [-0.3, -0.25) is 4.79 Å². The molecule has 6 heteroatoms. The van der Waals surface area contributed by atoms with Crippen molar-refractivity contribution in [2.24, 2.45) is 5.92 Å². The first-order chi connectivity index (χ1) is 8.18. The minimum absolute atomic E-state index is 0.170. The van der Waals surface area contributed by atoms with E-state index < -0.39 is 0 Å². The van der Waals surface area contributed by atoms with Crippen LogP contribution < -0.4 is 15.8 Å². The fraction of sp³-hybridized carbons (Fsp3) is 0.636. The SMILES string of the molecule is CN(CC1CCNCC1)c1nc[nH]c(=O)c1Cl. The molecule has 1 fully saturated rings. The van der Waals surface area contributed by atoms with Gasteiger partial charge in [-0.25, -0.2) is 4.98 Å². The van der Waals surface area contributed by atoms with Gasteiger partial charge in [0.25, 0.3) is 5.56 Å². The number of halogens is 1. The fourth-order valence-electron chi connectivity index (χ4n) is 2.18. The third kappa shape index (κ3) is 2.98. The van der Waals surface area contributed by atoms with Crippen LogP contribution >= 0.6 is 11.6 Å². The van der Waals surface area contributed by atoms with E-state index in [0.29, 0.717) is 11.7 Å². The minimum Gasteiger partial charge on any atom is -0.358 e. The third-order valence-corrected chi connectivity index (χ3v) is 3.47. The minimum atomic E-state index is -0.283. The summed E-state index contributed by atoms with van der Waals surface area (Å²) < 4.78 is 0. The van der Waals surface area contributed by atoms with Gasteiger partial charge in [-0.1, -0.05) is 11.6 Å². The lowest BCUT2D eigenvalue weighted by Crippen LogP contribution is -2.35. The van der Waals surface area contributed by atoms with Crippen molar-refractivity contribution in [3.05, 3.63) is 21.7 Å². The summed E-state index contributed by atoms with van der Waals surface area (Å²) >= 11 is 5.95. The van der Waals surface area contributed by atoms with E-state index in [1.165, 1.54) is 6.33 Å². The largest absolute Gasteiger partial charge is 0.358 e. The summed E-state index contributed by atoms with van der Waals surface area (Å²) in [5, 5.41) is 3.50. The Morgan fingerprint density at radius 3 is 2.94 bits per heavy atom. The van der Waals surface area contributed by atoms with Crippen LogP contribution in [0.15, 0.2) is 11.1 Å². The molecule has 94 valence electrons. The van der Waals surface area contributed by atoms with Gasteiger partial charge in [-0.05, 0) is 31.8 Å². The zero-order valence-electron chi connectivity index (χ0n) is 9.87. The van der Waals surface area contributed by atoms with Gasteiger partial charge in [0.05, 0.1) is 6.33 Å². The Morgan fingerprint density at radius 1 is 1.53 bits per heavy atom. The second kappa shape index (κ2) is 5.51. The monoisotopic (exact) mass is 256 g/mol. The average Bonchev–Trinajstić information content (AvgIpc) is 2.34. The quantitative estimate of drug-likeness (QED) is 0.842. The molecule has 1 aromatic heterocycles. The molecule has 2 heterocycles. The molecule has 1 aliphatic heterocycles. The molecule has 1 saturated heterocycles. The number of rotatable bonds is 3. The number of aromatic amines is 1. The Hall–Kier alpha value is -1.07. The average molecular weight is 257 g/mol. The number of piperidine rings is 1. The van der Waals surface area contributed by atoms with Gasteiger partial charge in [0.2, 0.25) is 0 Å². The third-order valence-electron chi connectivity index (χ3n) is 3.13. The maximum atomic E-state index is 11.4. The Balaban J connectivity index is 2.06. The van der Waals surface area contributed by atoms with Gasteiger partial charge in [0.15, 0.2) is 5.82 Å². The molecule has 17 heavy (non-hydrogen) atoms. The molecule has 0 aromatic carbocycles. The van der Waals surface area contributed by atoms with Crippen molar-refractivity contribution < 1.29 is 0 Å². The second-order valence-corrected chi connectivity index (χ2v) is 4.82. The Labute approximate surface area is 105 Å². The van der Waals surface area contributed by atoms with Crippen LogP contribution in [0.5, 0.6) is 0 Å². The van der Waals surface area contributed by atoms with Gasteiger partial charge in [0, 0.05) is 13.6 Å². The molecular weight excluding hydrogens is 240 g/mol. The lowest BCUT2D eigenvalue weighted by Gasteiger charge is -2.28. The van der Waals surface area contributed by atoms with Crippen molar-refractivity contribution in [3.63, 3.8) is 0 Å². The topological polar surface area (TPSA) is 61.0 Å². The molecule has 0 radical (unpaired) electrons. The van der Waals surface area contributed by atoms with Crippen LogP contribution in [0, 0.1) is 5.92 Å². The van der Waals surface area contributed by atoms with E-state index in [9.17, 15) is 4.79 Å². The number of H-pyrrole nitrogens is 1. The smallest absolute Gasteiger partial charge is 0.271 e. The highest BCUT2D eigenvalue weighted by Gasteiger charge is 2.18. The molecule has 0 atom stereocenters. The predicted molar refractivity (Wildman–Crippen MR) is 68.7 cm³/mol. The van der Waals surface area contributed by atoms with Crippen LogP contribution in [0.4, 0.5) is 5.82 Å². The Morgan fingerprint density at radius 2 is 2.24 bits per heavy atom. The molecule has 0 saturated carbocycles. The van der Waals surface area contributed by atoms with E-state index in [-0.39, 0.29) is 10.6 Å². The van der Waals surface area contributed by atoms with E-state index in [1.807, 2.05) is 11.9 Å². The maximum Gasteiger partial charge on any atom is 0.271 e. The Bertz CT molecular complexity index is 428. The molecule has 0 amide bonds. The molecule has 0 spiro atoms. The van der Waals surface area contributed by atoms with Crippen molar-refractivity contribution >= 4 is 17.4 Å². The van der Waals surface area contributed by atoms with E-state index >= 15 is 0 Å². The maximum absolute atomic E-state index is 11.4. The van der Waals surface area contributed by atoms with Crippen molar-refractivity contribution in [1.82, 2.24) is 15.3 Å². The first kappa shape index (κ1) is 12.4. The summed E-state index contributed by atoms with van der Waals surface area (Å²) in [5.74, 6) is 1.20. The summed E-state index contributed by atoms with van der Waals surface area (Å²) in [4.78, 5) is 19.9. The van der Waals surface area contributed by atoms with Gasteiger partial charge in [-0.2, -0.15) is 0 Å². The van der Waals surface area contributed by atoms with Crippen molar-refractivity contribution in [2.45, 2.75) is 12.8 Å². The van der Waals surface area contributed by atoms with E-state index in [0.717, 1.165) is 32.5 Å². The van der Waals surface area contributed by atoms with Crippen molar-refractivity contribution in [3.8, 4) is 0 Å². The molecule has 5 nitrogen and oxygen atoms in total. The van der Waals surface area contributed by atoms with E-state index in [2.05, 4.69) is 15.3 Å². The summed E-state index contributed by atoms with van der Waals surface area (Å²) in [6.07, 6.45) is 3.71. The Kier molecular flexibility index (Phi) is 4.02. The van der Waals surface area contributed by atoms with E-state index in [1.54, 1.807) is 0 Å². The number of anilines is 1. The van der Waals surface area contributed by atoms with Crippen molar-refractivity contribution in [2.75, 3.05) is 31.6 Å². The highest BCUT2D eigenvalue weighted by atomic mass is 35.5. The summed E-state index contributed by atoms with van der Waals surface area (Å²) in [7, 11) is 1.93. The van der Waals surface area contributed by atoms with Gasteiger partial charge >= 0.3 is 0 Å². The van der Waals surface area contributed by atoms with Crippen LogP contribution in [0.1, 0.15) is 12.8 Å². The molecule has 1 aromatic rings. The van der Waals surface area contributed by atoms with Crippen LogP contribution in [0.25, 0.3) is 0 Å². The second-order valence-electron chi connectivity index (χ2n) is 4.44. The fourth-order valence-corrected chi connectivity index (χ4v) is 2.43. The van der Waals surface area contributed by atoms with Crippen LogP contribution in [0.3, 0.4) is 0 Å². The number of hydrogen-bond acceptors (Lipinski definition) is 4. The van der Waals surface area contributed by atoms with Gasteiger partial charge in [0.1, 0.15) is 5.02 Å². The molecule has 0 aliphatic carbocycles. The molecule has 2 rings (SSSR count). The predicted octanol–water partition coefficient (Wildman–Crippen LogP) is 0.859. The van der Waals surface area contributed by atoms with Crippen LogP contribution in [0.2, 0.25) is 5.02 Å². The highest BCUT2D eigenvalue weighted by Crippen LogP contribution is 2.20. The molecular formula is C11H17ClN4O. The van der Waals surface area contributed by atoms with Gasteiger partial charge in [-0.15, -0.1) is 0 Å². The first-order valence-electron chi connectivity index (χ1n) is 5.83. The number of hydrogen-bond donors (Lipinski definition) is 2.